The minimum Gasteiger partial charge on any atom is -0.486 e. The fraction of sp³-hybridized carbons (Fsp3) is 0.375. The van der Waals surface area contributed by atoms with Crippen LogP contribution < -0.4 is 19.7 Å². The summed E-state index contributed by atoms with van der Waals surface area (Å²) in [6.07, 6.45) is -12.9. The molecule has 0 radical (unpaired) electrons. The fourth-order valence-corrected chi connectivity index (χ4v) is 5.79. The minimum absolute atomic E-state index is 0.00460. The molecule has 0 saturated heterocycles. The van der Waals surface area contributed by atoms with E-state index in [4.69, 9.17) is 4.74 Å². The van der Waals surface area contributed by atoms with Gasteiger partial charge in [-0.05, 0) is 56.7 Å². The third kappa shape index (κ3) is 5.88. The second-order valence-electron chi connectivity index (χ2n) is 9.71. The van der Waals surface area contributed by atoms with E-state index in [1.165, 1.54) is 0 Å². The number of rotatable bonds is 7. The number of nitrogens with one attached hydrogen (secondary N) is 1. The molecule has 1 aliphatic rings. The predicted molar refractivity (Wildman–Crippen MR) is 133 cm³/mol. The van der Waals surface area contributed by atoms with Gasteiger partial charge in [-0.2, -0.15) is 26.3 Å². The number of hydrogen-bond acceptors (Lipinski definition) is 7. The number of hydrogen-bond donors (Lipinski definition) is 2. The van der Waals surface area contributed by atoms with Crippen LogP contribution in [0, 0.1) is 0 Å². The molecule has 42 heavy (non-hydrogen) atoms. The summed E-state index contributed by atoms with van der Waals surface area (Å²) >= 11 is 0. The van der Waals surface area contributed by atoms with Crippen LogP contribution in [0.2, 0.25) is 0 Å². The molecule has 1 aliphatic heterocycles. The van der Waals surface area contributed by atoms with Crippen molar-refractivity contribution < 1.29 is 53.9 Å². The molecule has 1 atom stereocenters. The first-order valence-corrected chi connectivity index (χ1v) is 13.4. The molecule has 0 fully saturated rings. The molecule has 11 nitrogen and oxygen atoms in total. The number of anilines is 2. The Morgan fingerprint density at radius 3 is 2.40 bits per heavy atom. The van der Waals surface area contributed by atoms with E-state index in [0.29, 0.717) is 30.3 Å². The van der Waals surface area contributed by atoms with E-state index in [0.717, 1.165) is 30.3 Å². The van der Waals surface area contributed by atoms with E-state index < -0.39 is 74.2 Å². The second-order valence-corrected chi connectivity index (χ2v) is 11.6. The maximum Gasteiger partial charge on any atom is 0.438 e. The molecule has 0 saturated carbocycles. The Morgan fingerprint density at radius 2 is 1.83 bits per heavy atom. The standard InChI is InChI=1S/C24H22F6N4O7S/c1-22(2,24(28,29)30)34(21(36)37)14-6-8-18-17(11-14)33(12-15(40-18)7-9-19-31-20(35)41-32-19)42(38,39)16-5-3-4-13(10-16)23(25,26)27/h3-6,8,10-11,15H,7,9,12H2,1-2H3,(H,36,37)(H,31,32,35)/t15-/m0/s1. The van der Waals surface area contributed by atoms with Gasteiger partial charge in [0.2, 0.25) is 0 Å². The summed E-state index contributed by atoms with van der Waals surface area (Å²) in [5.41, 5.74) is -5.21. The van der Waals surface area contributed by atoms with E-state index in [-0.39, 0.29) is 29.3 Å². The molecule has 0 spiro atoms. The number of amides is 1. The molecule has 3 aromatic rings. The van der Waals surface area contributed by atoms with Crippen LogP contribution in [0.1, 0.15) is 31.7 Å². The lowest BCUT2D eigenvalue weighted by Crippen LogP contribution is -2.57. The van der Waals surface area contributed by atoms with Gasteiger partial charge in [-0.1, -0.05) is 11.2 Å². The van der Waals surface area contributed by atoms with Crippen LogP contribution in [0.15, 0.2) is 56.7 Å². The van der Waals surface area contributed by atoms with E-state index in [9.17, 15) is 49.5 Å². The van der Waals surface area contributed by atoms with Crippen LogP contribution in [-0.2, 0) is 22.6 Å². The Balaban J connectivity index is 1.82. The summed E-state index contributed by atoms with van der Waals surface area (Å²) < 4.78 is 120. The monoisotopic (exact) mass is 624 g/mol. The van der Waals surface area contributed by atoms with Crippen LogP contribution >= 0.6 is 0 Å². The Morgan fingerprint density at radius 1 is 1.14 bits per heavy atom. The molecule has 0 bridgehead atoms. The summed E-state index contributed by atoms with van der Waals surface area (Å²) in [4.78, 5) is 24.7. The van der Waals surface area contributed by atoms with Gasteiger partial charge < -0.3 is 9.84 Å². The summed E-state index contributed by atoms with van der Waals surface area (Å²) in [5, 5.41) is 13.2. The van der Waals surface area contributed by atoms with Crippen LogP contribution in [0.5, 0.6) is 5.75 Å². The fourth-order valence-electron chi connectivity index (χ4n) is 4.24. The van der Waals surface area contributed by atoms with Gasteiger partial charge in [-0.15, -0.1) is 0 Å². The Kier molecular flexibility index (Phi) is 7.73. The molecule has 228 valence electrons. The van der Waals surface area contributed by atoms with E-state index in [1.807, 2.05) is 0 Å². The number of aromatic amines is 1. The zero-order chi connectivity index (χ0) is 31.3. The first-order chi connectivity index (χ1) is 19.3. The van der Waals surface area contributed by atoms with Gasteiger partial charge in [-0.3, -0.25) is 18.7 Å². The van der Waals surface area contributed by atoms with E-state index in [1.54, 1.807) is 0 Å². The quantitative estimate of drug-likeness (QED) is 0.357. The average molecular weight is 625 g/mol. The number of sulfonamides is 1. The normalized spacial score (nSPS) is 16.1. The second kappa shape index (κ2) is 10.6. The number of aromatic nitrogens is 2. The van der Waals surface area contributed by atoms with Crippen molar-refractivity contribution >= 4 is 27.5 Å². The third-order valence-electron chi connectivity index (χ3n) is 6.51. The van der Waals surface area contributed by atoms with Crippen molar-refractivity contribution in [2.45, 2.75) is 55.6 Å². The molecular weight excluding hydrogens is 602 g/mol. The van der Waals surface area contributed by atoms with Gasteiger partial charge in [0, 0.05) is 6.42 Å². The average Bonchev–Trinajstić information content (AvgIpc) is 3.30. The number of benzene rings is 2. The molecule has 1 aromatic heterocycles. The molecule has 0 aliphatic carbocycles. The smallest absolute Gasteiger partial charge is 0.438 e. The Bertz CT molecular complexity index is 1650. The van der Waals surface area contributed by atoms with Crippen molar-refractivity contribution in [1.82, 2.24) is 10.1 Å². The number of nitrogens with zero attached hydrogens (tertiary/aromatic N) is 3. The van der Waals surface area contributed by atoms with Crippen LogP contribution in [-0.4, -0.2) is 54.1 Å². The number of ether oxygens (including phenoxy) is 1. The number of carbonyl (C=O) groups is 1. The van der Waals surface area contributed by atoms with Gasteiger partial charge in [0.15, 0.2) is 5.82 Å². The largest absolute Gasteiger partial charge is 0.486 e. The minimum atomic E-state index is -5.05. The first-order valence-electron chi connectivity index (χ1n) is 12.0. The highest BCUT2D eigenvalue weighted by Crippen LogP contribution is 2.44. The lowest BCUT2D eigenvalue weighted by molar-refractivity contribution is -0.175. The molecule has 2 aromatic carbocycles. The molecule has 2 heterocycles. The maximum atomic E-state index is 13.8. The van der Waals surface area contributed by atoms with Crippen molar-refractivity contribution in [3.8, 4) is 5.75 Å². The van der Waals surface area contributed by atoms with Crippen molar-refractivity contribution in [3.63, 3.8) is 0 Å². The highest BCUT2D eigenvalue weighted by molar-refractivity contribution is 7.92. The lowest BCUT2D eigenvalue weighted by Gasteiger charge is -2.39. The van der Waals surface area contributed by atoms with E-state index in [2.05, 4.69) is 14.7 Å². The van der Waals surface area contributed by atoms with Crippen molar-refractivity contribution in [1.29, 1.82) is 0 Å². The lowest BCUT2D eigenvalue weighted by atomic mass is 10.0. The molecule has 0 unspecified atom stereocenters. The van der Waals surface area contributed by atoms with Crippen molar-refractivity contribution in [2.24, 2.45) is 0 Å². The number of aryl methyl sites for hydroxylation is 1. The first kappa shape index (κ1) is 30.7. The molecule has 4 rings (SSSR count). The topological polar surface area (TPSA) is 146 Å². The molecular formula is C24H22F6N4O7S. The number of H-pyrrole nitrogens is 1. The molecule has 18 heteroatoms. The summed E-state index contributed by atoms with van der Waals surface area (Å²) in [5.74, 6) is -0.941. The number of halogens is 6. The van der Waals surface area contributed by atoms with Crippen LogP contribution in [0.3, 0.4) is 0 Å². The van der Waals surface area contributed by atoms with Gasteiger partial charge in [0.25, 0.3) is 10.0 Å². The number of carboxylic acid groups (broad SMARTS) is 1. The van der Waals surface area contributed by atoms with Gasteiger partial charge in [-0.25, -0.2) is 18.0 Å². The van der Waals surface area contributed by atoms with Crippen LogP contribution in [0.4, 0.5) is 42.5 Å². The highest BCUT2D eigenvalue weighted by Gasteiger charge is 2.54. The number of alkyl halides is 6. The SMILES string of the molecule is CC(C)(N(C(=O)O)c1ccc2c(c1)N(S(=O)(=O)c1cccc(C(F)(F)F)c1)C[C@H](CCc1noc(=O)[nH]1)O2)C(F)(F)F. The van der Waals surface area contributed by atoms with Crippen molar-refractivity contribution in [2.75, 3.05) is 15.7 Å². The zero-order valence-corrected chi connectivity index (χ0v) is 22.5. The van der Waals surface area contributed by atoms with Gasteiger partial charge >= 0.3 is 24.2 Å². The van der Waals surface area contributed by atoms with E-state index >= 15 is 0 Å². The molecule has 2 N–H and O–H groups in total. The number of fused-ring (bicyclic) bond motifs is 1. The summed E-state index contributed by atoms with van der Waals surface area (Å²) in [7, 11) is -4.82. The Labute approximate surface area is 233 Å². The van der Waals surface area contributed by atoms with Crippen LogP contribution in [0.25, 0.3) is 0 Å². The van der Waals surface area contributed by atoms with Gasteiger partial charge in [0.1, 0.15) is 17.4 Å². The maximum absolute atomic E-state index is 13.8. The molecule has 1 amide bonds. The highest BCUT2D eigenvalue weighted by atomic mass is 32.2. The summed E-state index contributed by atoms with van der Waals surface area (Å²) in [6.45, 7) is 0.684. The Hall–Kier alpha value is -4.22. The summed E-state index contributed by atoms with van der Waals surface area (Å²) in [6, 6.07) is 5.74. The van der Waals surface area contributed by atoms with Crippen molar-refractivity contribution in [3.05, 3.63) is 64.4 Å². The zero-order valence-electron chi connectivity index (χ0n) is 21.7. The predicted octanol–water partition coefficient (Wildman–Crippen LogP) is 4.80. The third-order valence-corrected chi connectivity index (χ3v) is 8.29. The van der Waals surface area contributed by atoms with Gasteiger partial charge in [0.05, 0.1) is 28.4 Å².